The fourth-order valence-electron chi connectivity index (χ4n) is 2.63. The highest BCUT2D eigenvalue weighted by molar-refractivity contribution is 5.95. The van der Waals surface area contributed by atoms with E-state index in [0.717, 1.165) is 11.1 Å². The van der Waals surface area contributed by atoms with E-state index in [1.165, 1.54) is 0 Å². The number of nitrogen functional groups attached to an aromatic ring is 1. The minimum Gasteiger partial charge on any atom is -0.485 e. The van der Waals surface area contributed by atoms with E-state index in [4.69, 9.17) is 15.2 Å². The maximum Gasteiger partial charge on any atom is 0.269 e. The van der Waals surface area contributed by atoms with Gasteiger partial charge in [0.2, 0.25) is 6.10 Å². The maximum atomic E-state index is 12.4. The van der Waals surface area contributed by atoms with Crippen molar-refractivity contribution in [2.45, 2.75) is 6.10 Å². The summed E-state index contributed by atoms with van der Waals surface area (Å²) in [6.07, 6.45) is 0.965. The van der Waals surface area contributed by atoms with Gasteiger partial charge in [-0.1, -0.05) is 24.3 Å². The molecule has 4 rings (SSSR count). The van der Waals surface area contributed by atoms with E-state index in [0.29, 0.717) is 23.0 Å². The number of fused-ring (bicyclic) bond motifs is 1. The lowest BCUT2D eigenvalue weighted by molar-refractivity contribution is -0.125. The van der Waals surface area contributed by atoms with E-state index < -0.39 is 6.10 Å². The molecule has 4 N–H and O–H groups in total. The third-order valence-corrected chi connectivity index (χ3v) is 3.93. The van der Waals surface area contributed by atoms with Gasteiger partial charge in [-0.15, -0.1) is 0 Å². The Balaban J connectivity index is 1.44. The number of ether oxygens (including phenoxy) is 2. The third-order valence-electron chi connectivity index (χ3n) is 3.93. The van der Waals surface area contributed by atoms with Crippen molar-refractivity contribution in [2.24, 2.45) is 0 Å². The average molecular weight is 336 g/mol. The molecule has 0 saturated heterocycles. The molecule has 25 heavy (non-hydrogen) atoms. The van der Waals surface area contributed by atoms with Crippen LogP contribution in [0.2, 0.25) is 0 Å². The van der Waals surface area contributed by atoms with Gasteiger partial charge < -0.3 is 20.5 Å². The molecule has 1 aliphatic heterocycles. The fraction of sp³-hybridized carbons (Fsp3) is 0.111. The highest BCUT2D eigenvalue weighted by Gasteiger charge is 2.27. The van der Waals surface area contributed by atoms with Crippen molar-refractivity contribution in [3.05, 3.63) is 54.7 Å². The van der Waals surface area contributed by atoms with Crippen molar-refractivity contribution >= 4 is 17.4 Å². The predicted octanol–water partition coefficient (Wildman–Crippen LogP) is 2.44. The molecule has 7 heteroatoms. The number of carbonyl (C=O) groups excluding carboxylic acids is 1. The molecular weight excluding hydrogens is 320 g/mol. The van der Waals surface area contributed by atoms with Crippen LogP contribution in [0.15, 0.2) is 54.7 Å². The predicted molar refractivity (Wildman–Crippen MR) is 93.4 cm³/mol. The molecular formula is C18H16N4O3. The van der Waals surface area contributed by atoms with Gasteiger partial charge in [0, 0.05) is 11.3 Å². The lowest BCUT2D eigenvalue weighted by atomic mass is 10.1. The molecule has 1 amide bonds. The summed E-state index contributed by atoms with van der Waals surface area (Å²) in [5.41, 5.74) is 8.21. The minimum atomic E-state index is -0.695. The Morgan fingerprint density at radius 1 is 1.16 bits per heavy atom. The number of nitrogens with zero attached hydrogens (tertiary/aromatic N) is 1. The molecule has 0 bridgehead atoms. The van der Waals surface area contributed by atoms with Crippen LogP contribution in [0.25, 0.3) is 11.1 Å². The first-order valence-electron chi connectivity index (χ1n) is 7.79. The Labute approximate surface area is 143 Å². The molecule has 2 aromatic carbocycles. The zero-order valence-corrected chi connectivity index (χ0v) is 13.2. The Hall–Kier alpha value is -3.48. The van der Waals surface area contributed by atoms with E-state index in [1.54, 1.807) is 24.4 Å². The van der Waals surface area contributed by atoms with Gasteiger partial charge in [0.1, 0.15) is 12.4 Å². The second-order valence-corrected chi connectivity index (χ2v) is 5.63. The number of nitrogens with one attached hydrogen (secondary N) is 2. The number of carbonyl (C=O) groups is 1. The van der Waals surface area contributed by atoms with Crippen molar-refractivity contribution in [2.75, 3.05) is 17.7 Å². The summed E-state index contributed by atoms with van der Waals surface area (Å²) in [5, 5.41) is 9.42. The molecule has 1 aromatic heterocycles. The number of amides is 1. The topological polar surface area (TPSA) is 102 Å². The first-order valence-corrected chi connectivity index (χ1v) is 7.79. The van der Waals surface area contributed by atoms with Crippen molar-refractivity contribution in [1.82, 2.24) is 10.2 Å². The summed E-state index contributed by atoms with van der Waals surface area (Å²) in [6, 6.07) is 14.6. The fourth-order valence-corrected chi connectivity index (χ4v) is 2.63. The smallest absolute Gasteiger partial charge is 0.269 e. The summed E-state index contributed by atoms with van der Waals surface area (Å²) in [6.45, 7) is 0.173. The average Bonchev–Trinajstić information content (AvgIpc) is 3.08. The monoisotopic (exact) mass is 336 g/mol. The van der Waals surface area contributed by atoms with Crippen LogP contribution in [-0.4, -0.2) is 28.8 Å². The second kappa shape index (κ2) is 6.20. The van der Waals surface area contributed by atoms with Gasteiger partial charge in [0.25, 0.3) is 5.91 Å². The van der Waals surface area contributed by atoms with Gasteiger partial charge in [-0.05, 0) is 29.8 Å². The van der Waals surface area contributed by atoms with Crippen LogP contribution in [-0.2, 0) is 4.79 Å². The van der Waals surface area contributed by atoms with Gasteiger partial charge in [-0.3, -0.25) is 9.89 Å². The highest BCUT2D eigenvalue weighted by Crippen LogP contribution is 2.31. The number of rotatable bonds is 3. The number of aromatic nitrogens is 2. The third kappa shape index (κ3) is 2.99. The standard InChI is InChI=1S/C18H16N4O3/c19-17-13(9-20-22-17)11-5-7-12(8-6-11)21-18(23)16-10-24-14-3-1-2-4-15(14)25-16/h1-9,16H,10H2,(H,21,23)(H3,19,20,22). The molecule has 0 spiro atoms. The molecule has 0 fully saturated rings. The van der Waals surface area contributed by atoms with Gasteiger partial charge >= 0.3 is 0 Å². The Morgan fingerprint density at radius 3 is 2.64 bits per heavy atom. The Kier molecular flexibility index (Phi) is 3.74. The van der Waals surface area contributed by atoms with E-state index in [9.17, 15) is 4.79 Å². The van der Waals surface area contributed by atoms with Gasteiger partial charge in [-0.2, -0.15) is 5.10 Å². The van der Waals surface area contributed by atoms with Crippen LogP contribution < -0.4 is 20.5 Å². The van der Waals surface area contributed by atoms with E-state index in [-0.39, 0.29) is 12.5 Å². The number of aromatic amines is 1. The second-order valence-electron chi connectivity index (χ2n) is 5.63. The number of hydrogen-bond donors (Lipinski definition) is 3. The molecule has 0 radical (unpaired) electrons. The van der Waals surface area contributed by atoms with E-state index in [2.05, 4.69) is 15.5 Å². The van der Waals surface area contributed by atoms with Crippen molar-refractivity contribution in [3.63, 3.8) is 0 Å². The SMILES string of the molecule is Nc1[nH]ncc1-c1ccc(NC(=O)C2COc3ccccc3O2)cc1. The molecule has 1 aliphatic rings. The van der Waals surface area contributed by atoms with Gasteiger partial charge in [0.05, 0.1) is 6.20 Å². The molecule has 1 atom stereocenters. The first kappa shape index (κ1) is 15.1. The van der Waals surface area contributed by atoms with Crippen molar-refractivity contribution in [1.29, 1.82) is 0 Å². The number of anilines is 2. The van der Waals surface area contributed by atoms with Crippen LogP contribution in [0.5, 0.6) is 11.5 Å². The molecule has 1 unspecified atom stereocenters. The number of benzene rings is 2. The van der Waals surface area contributed by atoms with Crippen molar-refractivity contribution < 1.29 is 14.3 Å². The van der Waals surface area contributed by atoms with Crippen LogP contribution >= 0.6 is 0 Å². The van der Waals surface area contributed by atoms with E-state index >= 15 is 0 Å². The minimum absolute atomic E-state index is 0.173. The summed E-state index contributed by atoms with van der Waals surface area (Å²) in [5.74, 6) is 1.46. The molecule has 0 saturated carbocycles. The van der Waals surface area contributed by atoms with Crippen LogP contribution in [0.4, 0.5) is 11.5 Å². The Bertz CT molecular complexity index is 905. The lowest BCUT2D eigenvalue weighted by Crippen LogP contribution is -2.40. The van der Waals surface area contributed by atoms with Crippen LogP contribution in [0.3, 0.4) is 0 Å². The maximum absolute atomic E-state index is 12.4. The van der Waals surface area contributed by atoms with Crippen LogP contribution in [0.1, 0.15) is 0 Å². The quantitative estimate of drug-likeness (QED) is 0.682. The van der Waals surface area contributed by atoms with E-state index in [1.807, 2.05) is 30.3 Å². The zero-order chi connectivity index (χ0) is 17.2. The normalized spacial score (nSPS) is 15.6. The Morgan fingerprint density at radius 2 is 1.92 bits per heavy atom. The lowest BCUT2D eigenvalue weighted by Gasteiger charge is -2.25. The largest absolute Gasteiger partial charge is 0.485 e. The summed E-state index contributed by atoms with van der Waals surface area (Å²) in [4.78, 5) is 12.4. The van der Waals surface area contributed by atoms with Crippen LogP contribution in [0, 0.1) is 0 Å². The summed E-state index contributed by atoms with van der Waals surface area (Å²) < 4.78 is 11.3. The number of hydrogen-bond acceptors (Lipinski definition) is 5. The number of nitrogens with two attached hydrogens (primary N) is 1. The molecule has 126 valence electrons. The molecule has 7 nitrogen and oxygen atoms in total. The zero-order valence-electron chi connectivity index (χ0n) is 13.2. The summed E-state index contributed by atoms with van der Waals surface area (Å²) >= 11 is 0. The first-order chi connectivity index (χ1) is 12.2. The number of H-pyrrole nitrogens is 1. The number of para-hydroxylation sites is 2. The van der Waals surface area contributed by atoms with Crippen molar-refractivity contribution in [3.8, 4) is 22.6 Å². The molecule has 2 heterocycles. The highest BCUT2D eigenvalue weighted by atomic mass is 16.6. The molecule has 0 aliphatic carbocycles. The molecule has 3 aromatic rings. The van der Waals surface area contributed by atoms with Gasteiger partial charge in [-0.25, -0.2) is 0 Å². The summed E-state index contributed by atoms with van der Waals surface area (Å²) in [7, 11) is 0. The van der Waals surface area contributed by atoms with Gasteiger partial charge in [0.15, 0.2) is 11.5 Å².